The van der Waals surface area contributed by atoms with Gasteiger partial charge in [0.2, 0.25) is 0 Å². The highest BCUT2D eigenvalue weighted by molar-refractivity contribution is 6.01. The smallest absolute Gasteiger partial charge is 0.109 e. The molecule has 6 aliphatic rings. The van der Waals surface area contributed by atoms with Crippen molar-refractivity contribution in [1.82, 2.24) is 15.3 Å². The minimum absolute atomic E-state index is 0.349. The summed E-state index contributed by atoms with van der Waals surface area (Å²) in [5, 5.41) is 3.60. The van der Waals surface area contributed by atoms with E-state index in [1.54, 1.807) is 5.56 Å². The molecule has 2 aliphatic heterocycles. The van der Waals surface area contributed by atoms with Gasteiger partial charge in [0.25, 0.3) is 0 Å². The Balaban J connectivity index is 1.03. The highest BCUT2D eigenvalue weighted by Crippen LogP contribution is 2.58. The molecule has 0 amide bonds. The Morgan fingerprint density at radius 1 is 0.824 bits per heavy atom. The van der Waals surface area contributed by atoms with Crippen LogP contribution in [0.4, 0.5) is 0 Å². The second-order valence-corrected chi connectivity index (χ2v) is 11.9. The van der Waals surface area contributed by atoms with E-state index in [0.717, 1.165) is 13.0 Å². The predicted molar refractivity (Wildman–Crippen MR) is 138 cm³/mol. The minimum Gasteiger partial charge on any atom is -0.345 e. The Labute approximate surface area is 203 Å². The van der Waals surface area contributed by atoms with Crippen LogP contribution in [0, 0.1) is 0 Å². The summed E-state index contributed by atoms with van der Waals surface area (Å²) in [6.07, 6.45) is 21.1. The number of aromatic nitrogens is 2. The fourth-order valence-electron chi connectivity index (χ4n) is 7.88. The number of imidazole rings is 1. The summed E-state index contributed by atoms with van der Waals surface area (Å²) >= 11 is 0. The molecule has 4 aliphatic carbocycles. The van der Waals surface area contributed by atoms with Crippen molar-refractivity contribution >= 4 is 11.3 Å². The van der Waals surface area contributed by atoms with Crippen molar-refractivity contribution in [3.05, 3.63) is 59.3 Å². The maximum Gasteiger partial charge on any atom is 0.109 e. The first-order valence-corrected chi connectivity index (χ1v) is 13.9. The quantitative estimate of drug-likeness (QED) is 0.538. The van der Waals surface area contributed by atoms with Crippen LogP contribution >= 0.6 is 0 Å². The second kappa shape index (κ2) is 8.19. The van der Waals surface area contributed by atoms with Gasteiger partial charge in [0.05, 0.1) is 0 Å². The van der Waals surface area contributed by atoms with Crippen molar-refractivity contribution in [2.45, 2.75) is 106 Å². The Morgan fingerprint density at radius 2 is 1.56 bits per heavy atom. The molecule has 4 nitrogen and oxygen atoms in total. The molecule has 1 aromatic heterocycles. The molecule has 2 bridgehead atoms. The van der Waals surface area contributed by atoms with Gasteiger partial charge >= 0.3 is 0 Å². The summed E-state index contributed by atoms with van der Waals surface area (Å²) in [4.78, 5) is 13.5. The van der Waals surface area contributed by atoms with Crippen LogP contribution in [0.25, 0.3) is 5.57 Å². The van der Waals surface area contributed by atoms with Crippen molar-refractivity contribution < 1.29 is 0 Å². The molecule has 2 aromatic rings. The number of hydrogen-bond donors (Lipinski definition) is 2. The number of aromatic amines is 1. The number of hydrogen-bond acceptors (Lipinski definition) is 3. The Hall–Kier alpha value is -2.20. The summed E-state index contributed by atoms with van der Waals surface area (Å²) in [5.41, 5.74) is 7.82. The summed E-state index contributed by atoms with van der Waals surface area (Å²) in [6, 6.07) is 10.1. The van der Waals surface area contributed by atoms with Crippen LogP contribution in [0.15, 0.2) is 41.7 Å². The Kier molecular flexibility index (Phi) is 5.08. The maximum absolute atomic E-state index is 4.86. The van der Waals surface area contributed by atoms with Crippen molar-refractivity contribution in [2.75, 3.05) is 6.54 Å². The molecule has 178 valence electrons. The molecule has 4 saturated carbocycles. The number of rotatable bonds is 5. The second-order valence-electron chi connectivity index (χ2n) is 11.9. The number of benzene rings is 1. The zero-order valence-corrected chi connectivity index (χ0v) is 20.4. The van der Waals surface area contributed by atoms with E-state index in [1.165, 1.54) is 105 Å². The molecular weight excluding hydrogens is 416 g/mol. The van der Waals surface area contributed by atoms with E-state index >= 15 is 0 Å². The van der Waals surface area contributed by atoms with Gasteiger partial charge in [-0.05, 0) is 92.9 Å². The van der Waals surface area contributed by atoms with Crippen molar-refractivity contribution in [3.8, 4) is 0 Å². The van der Waals surface area contributed by atoms with Crippen LogP contribution in [-0.4, -0.2) is 28.3 Å². The van der Waals surface area contributed by atoms with Crippen LogP contribution < -0.4 is 5.32 Å². The van der Waals surface area contributed by atoms with Gasteiger partial charge < -0.3 is 10.3 Å². The van der Waals surface area contributed by atoms with Gasteiger partial charge in [-0.25, -0.2) is 4.98 Å². The first-order valence-electron chi connectivity index (χ1n) is 13.9. The average molecular weight is 455 g/mol. The monoisotopic (exact) mass is 454 g/mol. The van der Waals surface area contributed by atoms with E-state index in [0.29, 0.717) is 22.8 Å². The molecule has 0 radical (unpaired) electrons. The fourth-order valence-corrected chi connectivity index (χ4v) is 7.88. The summed E-state index contributed by atoms with van der Waals surface area (Å²) in [7, 11) is 0. The SMILES string of the molecule is C1=C(c2ccc(C34CCC(c5cnc(C6CCCC6)[nH]5)(CC3)CC4)cc2)CC([C@@H]2CCCN2)=N1. The number of fused-ring (bicyclic) bond motifs is 3. The molecule has 0 spiro atoms. The summed E-state index contributed by atoms with van der Waals surface area (Å²) in [6.45, 7) is 1.14. The third-order valence-corrected chi connectivity index (χ3v) is 10.2. The lowest BCUT2D eigenvalue weighted by molar-refractivity contribution is 0.0989. The van der Waals surface area contributed by atoms with Gasteiger partial charge in [-0.3, -0.25) is 4.99 Å². The molecule has 8 rings (SSSR count). The van der Waals surface area contributed by atoms with Crippen LogP contribution in [0.5, 0.6) is 0 Å². The van der Waals surface area contributed by atoms with E-state index in [1.807, 2.05) is 0 Å². The molecule has 5 fully saturated rings. The van der Waals surface area contributed by atoms with Crippen LogP contribution in [0.2, 0.25) is 0 Å². The number of allylic oxidation sites excluding steroid dienone is 1. The number of H-pyrrole nitrogens is 1. The summed E-state index contributed by atoms with van der Waals surface area (Å²) < 4.78 is 0. The molecule has 1 atom stereocenters. The minimum atomic E-state index is 0.349. The standard InChI is InChI=1S/C30H38N4/c1-2-5-22(4-1)28-33-20-27(34-28)30-14-11-29(12-15-30,13-16-30)24-9-7-21(8-10-24)23-18-26(32-19-23)25-6-3-17-31-25/h7-10,19-20,22,25,31H,1-6,11-18H2,(H,33,34)/t25-,29?,30?/m0/s1. The Morgan fingerprint density at radius 3 is 2.26 bits per heavy atom. The van der Waals surface area contributed by atoms with Crippen molar-refractivity contribution in [2.24, 2.45) is 4.99 Å². The third-order valence-electron chi connectivity index (χ3n) is 10.2. The fraction of sp³-hybridized carbons (Fsp3) is 0.600. The lowest BCUT2D eigenvalue weighted by Gasteiger charge is -2.53. The number of nitrogens with zero attached hydrogens (tertiary/aromatic N) is 2. The molecule has 1 aromatic carbocycles. The highest BCUT2D eigenvalue weighted by Gasteiger charge is 2.50. The van der Waals surface area contributed by atoms with Crippen LogP contribution in [-0.2, 0) is 10.8 Å². The Bertz CT molecular complexity index is 1080. The van der Waals surface area contributed by atoms with E-state index in [2.05, 4.69) is 47.0 Å². The largest absolute Gasteiger partial charge is 0.345 e. The maximum atomic E-state index is 4.86. The molecule has 1 saturated heterocycles. The number of nitrogens with one attached hydrogen (secondary N) is 2. The molecule has 4 heteroatoms. The lowest BCUT2D eigenvalue weighted by atomic mass is 9.51. The van der Waals surface area contributed by atoms with Gasteiger partial charge in [0.1, 0.15) is 5.82 Å². The van der Waals surface area contributed by atoms with Crippen LogP contribution in [0.1, 0.15) is 112 Å². The normalized spacial score (nSPS) is 33.5. The molecule has 2 N–H and O–H groups in total. The average Bonchev–Trinajstić information content (AvgIpc) is 3.72. The van der Waals surface area contributed by atoms with Gasteiger partial charge in [-0.2, -0.15) is 0 Å². The van der Waals surface area contributed by atoms with Crippen LogP contribution in [0.3, 0.4) is 0 Å². The van der Waals surface area contributed by atoms with E-state index in [-0.39, 0.29) is 0 Å². The number of aliphatic imine (C=N–C) groups is 1. The zero-order chi connectivity index (χ0) is 22.6. The first kappa shape index (κ1) is 21.1. The third kappa shape index (κ3) is 3.44. The van der Waals surface area contributed by atoms with E-state index in [9.17, 15) is 0 Å². The van der Waals surface area contributed by atoms with E-state index in [4.69, 9.17) is 9.98 Å². The van der Waals surface area contributed by atoms with Crippen molar-refractivity contribution in [3.63, 3.8) is 0 Å². The predicted octanol–water partition coefficient (Wildman–Crippen LogP) is 6.55. The van der Waals surface area contributed by atoms with Gasteiger partial charge in [-0.1, -0.05) is 37.1 Å². The zero-order valence-electron chi connectivity index (χ0n) is 20.4. The van der Waals surface area contributed by atoms with Gasteiger partial charge in [0.15, 0.2) is 0 Å². The first-order chi connectivity index (χ1) is 16.7. The van der Waals surface area contributed by atoms with E-state index < -0.39 is 0 Å². The highest BCUT2D eigenvalue weighted by atomic mass is 15.0. The summed E-state index contributed by atoms with van der Waals surface area (Å²) in [5.74, 6) is 1.96. The molecule has 3 heterocycles. The molecular formula is C30H38N4. The van der Waals surface area contributed by atoms with Crippen molar-refractivity contribution in [1.29, 1.82) is 0 Å². The van der Waals surface area contributed by atoms with Gasteiger partial charge in [-0.15, -0.1) is 0 Å². The molecule has 0 unspecified atom stereocenters. The molecule has 34 heavy (non-hydrogen) atoms. The van der Waals surface area contributed by atoms with Gasteiger partial charge in [0, 0.05) is 47.6 Å². The lowest BCUT2D eigenvalue weighted by Crippen LogP contribution is -2.46. The topological polar surface area (TPSA) is 53.1 Å².